The number of rotatable bonds is 5. The number of carbonyl (C=O) groups is 1. The molecule has 116 valence electrons. The summed E-state index contributed by atoms with van der Waals surface area (Å²) in [6, 6.07) is 0. The number of amides is 1. The van der Waals surface area contributed by atoms with Crippen LogP contribution in [0.2, 0.25) is 0 Å². The van der Waals surface area contributed by atoms with E-state index >= 15 is 0 Å². The Balaban J connectivity index is 1.77. The van der Waals surface area contributed by atoms with Crippen molar-refractivity contribution >= 4 is 5.91 Å². The van der Waals surface area contributed by atoms with Crippen molar-refractivity contribution in [3.63, 3.8) is 0 Å². The van der Waals surface area contributed by atoms with Gasteiger partial charge < -0.3 is 15.4 Å². The van der Waals surface area contributed by atoms with Crippen LogP contribution in [-0.4, -0.2) is 41.6 Å². The smallest absolute Gasteiger partial charge is 0.242 e. The zero-order chi connectivity index (χ0) is 14.6. The Morgan fingerprint density at radius 3 is 2.30 bits per heavy atom. The summed E-state index contributed by atoms with van der Waals surface area (Å²) in [5.41, 5.74) is 5.45. The first-order valence-corrected chi connectivity index (χ1v) is 8.26. The molecule has 2 aliphatic rings. The maximum Gasteiger partial charge on any atom is 0.242 e. The quantitative estimate of drug-likeness (QED) is 0.842. The Morgan fingerprint density at radius 2 is 1.75 bits per heavy atom. The second-order valence-corrected chi connectivity index (χ2v) is 6.70. The maximum absolute atomic E-state index is 12.4. The van der Waals surface area contributed by atoms with Gasteiger partial charge in [-0.1, -0.05) is 26.2 Å². The summed E-state index contributed by atoms with van der Waals surface area (Å²) in [5.74, 6) is 0.110. The third-order valence-electron chi connectivity index (χ3n) is 4.67. The van der Waals surface area contributed by atoms with Crippen molar-refractivity contribution in [2.24, 2.45) is 5.73 Å². The fourth-order valence-electron chi connectivity index (χ4n) is 3.48. The maximum atomic E-state index is 12.4. The van der Waals surface area contributed by atoms with E-state index < -0.39 is 5.54 Å². The molecule has 20 heavy (non-hydrogen) atoms. The predicted octanol–water partition coefficient (Wildman–Crippen LogP) is 2.45. The topological polar surface area (TPSA) is 55.6 Å². The number of carbonyl (C=O) groups excluding carboxylic acids is 1. The standard InChI is InChI=1S/C16H30N2O2/c1-3-10-16(2,17)15(19)18-11-8-14(9-12-18)20-13-6-4-5-7-13/h13-14H,3-12,17H2,1-2H3. The first-order valence-electron chi connectivity index (χ1n) is 8.26. The molecule has 2 fully saturated rings. The lowest BCUT2D eigenvalue weighted by atomic mass is 9.94. The van der Waals surface area contributed by atoms with Crippen LogP contribution in [0.4, 0.5) is 0 Å². The van der Waals surface area contributed by atoms with Gasteiger partial charge in [0.1, 0.15) is 0 Å². The van der Waals surface area contributed by atoms with Gasteiger partial charge in [0.25, 0.3) is 0 Å². The SMILES string of the molecule is CCCC(C)(N)C(=O)N1CCC(OC2CCCC2)CC1. The van der Waals surface area contributed by atoms with Crippen molar-refractivity contribution in [3.05, 3.63) is 0 Å². The van der Waals surface area contributed by atoms with Crippen LogP contribution >= 0.6 is 0 Å². The molecule has 0 bridgehead atoms. The number of hydrogen-bond donors (Lipinski definition) is 1. The average molecular weight is 282 g/mol. The van der Waals surface area contributed by atoms with Crippen LogP contribution in [0.15, 0.2) is 0 Å². The first kappa shape index (κ1) is 15.8. The van der Waals surface area contributed by atoms with Gasteiger partial charge in [0.05, 0.1) is 17.7 Å². The van der Waals surface area contributed by atoms with Gasteiger partial charge in [-0.25, -0.2) is 0 Å². The summed E-state index contributed by atoms with van der Waals surface area (Å²) < 4.78 is 6.14. The van der Waals surface area contributed by atoms with Crippen LogP contribution in [0.25, 0.3) is 0 Å². The highest BCUT2D eigenvalue weighted by Crippen LogP contribution is 2.26. The molecule has 4 heteroatoms. The number of hydrogen-bond acceptors (Lipinski definition) is 3. The van der Waals surface area contributed by atoms with Gasteiger partial charge >= 0.3 is 0 Å². The second-order valence-electron chi connectivity index (χ2n) is 6.70. The highest BCUT2D eigenvalue weighted by atomic mass is 16.5. The molecule has 0 aromatic carbocycles. The van der Waals surface area contributed by atoms with Gasteiger partial charge in [-0.3, -0.25) is 4.79 Å². The van der Waals surface area contributed by atoms with E-state index in [0.717, 1.165) is 38.8 Å². The van der Waals surface area contributed by atoms with Crippen molar-refractivity contribution in [1.29, 1.82) is 0 Å². The minimum absolute atomic E-state index is 0.110. The van der Waals surface area contributed by atoms with Crippen LogP contribution in [0.5, 0.6) is 0 Å². The summed E-state index contributed by atoms with van der Waals surface area (Å²) in [7, 11) is 0. The molecule has 4 nitrogen and oxygen atoms in total. The molecule has 0 spiro atoms. The number of nitrogens with zero attached hydrogens (tertiary/aromatic N) is 1. The molecule has 2 rings (SSSR count). The van der Waals surface area contributed by atoms with Gasteiger partial charge in [0.2, 0.25) is 5.91 Å². The van der Waals surface area contributed by atoms with E-state index in [0.29, 0.717) is 12.2 Å². The largest absolute Gasteiger partial charge is 0.375 e. The molecule has 0 aromatic heterocycles. The molecule has 1 unspecified atom stereocenters. The number of likely N-dealkylation sites (tertiary alicyclic amines) is 1. The molecule has 1 aliphatic carbocycles. The summed E-state index contributed by atoms with van der Waals surface area (Å²) in [6.45, 7) is 5.53. The van der Waals surface area contributed by atoms with Crippen molar-refractivity contribution in [2.75, 3.05) is 13.1 Å². The van der Waals surface area contributed by atoms with E-state index in [2.05, 4.69) is 6.92 Å². The molecule has 1 amide bonds. The van der Waals surface area contributed by atoms with Crippen LogP contribution in [0.3, 0.4) is 0 Å². The molecular weight excluding hydrogens is 252 g/mol. The van der Waals surface area contributed by atoms with Crippen LogP contribution < -0.4 is 5.73 Å². The van der Waals surface area contributed by atoms with E-state index in [1.165, 1.54) is 25.7 Å². The van der Waals surface area contributed by atoms with Gasteiger partial charge in [-0.05, 0) is 39.0 Å². The normalized spacial score (nSPS) is 24.9. The van der Waals surface area contributed by atoms with Gasteiger partial charge in [-0.2, -0.15) is 0 Å². The summed E-state index contributed by atoms with van der Waals surface area (Å²) in [6.07, 6.45) is 9.50. The molecule has 1 aliphatic heterocycles. The lowest BCUT2D eigenvalue weighted by Gasteiger charge is -2.37. The Hall–Kier alpha value is -0.610. The lowest BCUT2D eigenvalue weighted by molar-refractivity contribution is -0.140. The van der Waals surface area contributed by atoms with Crippen LogP contribution in [0, 0.1) is 0 Å². The lowest BCUT2D eigenvalue weighted by Crippen LogP contribution is -2.55. The van der Waals surface area contributed by atoms with Crippen molar-refractivity contribution in [2.45, 2.75) is 83.0 Å². The van der Waals surface area contributed by atoms with Crippen molar-refractivity contribution in [1.82, 2.24) is 4.90 Å². The third kappa shape index (κ3) is 3.95. The van der Waals surface area contributed by atoms with Crippen LogP contribution in [0.1, 0.15) is 65.2 Å². The average Bonchev–Trinajstić information content (AvgIpc) is 2.91. The monoisotopic (exact) mass is 282 g/mol. The molecule has 1 heterocycles. The van der Waals surface area contributed by atoms with E-state index in [4.69, 9.17) is 10.5 Å². The van der Waals surface area contributed by atoms with Gasteiger partial charge in [0.15, 0.2) is 0 Å². The van der Waals surface area contributed by atoms with Gasteiger partial charge in [0, 0.05) is 13.1 Å². The molecule has 0 radical (unpaired) electrons. The Kier molecular flexibility index (Phi) is 5.44. The van der Waals surface area contributed by atoms with Crippen molar-refractivity contribution in [3.8, 4) is 0 Å². The molecule has 1 saturated carbocycles. The summed E-state index contributed by atoms with van der Waals surface area (Å²) in [5, 5.41) is 0. The molecular formula is C16H30N2O2. The predicted molar refractivity (Wildman–Crippen MR) is 80.4 cm³/mol. The van der Waals surface area contributed by atoms with E-state index in [1.54, 1.807) is 0 Å². The summed E-state index contributed by atoms with van der Waals surface area (Å²) in [4.78, 5) is 14.4. The number of piperidine rings is 1. The first-order chi connectivity index (χ1) is 9.53. The van der Waals surface area contributed by atoms with E-state index in [-0.39, 0.29) is 5.91 Å². The minimum Gasteiger partial charge on any atom is -0.375 e. The fourth-order valence-corrected chi connectivity index (χ4v) is 3.48. The zero-order valence-electron chi connectivity index (χ0n) is 13.1. The zero-order valence-corrected chi connectivity index (χ0v) is 13.1. The Labute approximate surface area is 123 Å². The minimum atomic E-state index is -0.700. The van der Waals surface area contributed by atoms with Crippen molar-refractivity contribution < 1.29 is 9.53 Å². The van der Waals surface area contributed by atoms with E-state index in [9.17, 15) is 4.79 Å². The fraction of sp³-hybridized carbons (Fsp3) is 0.938. The molecule has 1 saturated heterocycles. The molecule has 1 atom stereocenters. The second kappa shape index (κ2) is 6.90. The Morgan fingerprint density at radius 1 is 1.20 bits per heavy atom. The van der Waals surface area contributed by atoms with Gasteiger partial charge in [-0.15, -0.1) is 0 Å². The Bertz CT molecular complexity index is 316. The highest BCUT2D eigenvalue weighted by molar-refractivity contribution is 5.85. The highest BCUT2D eigenvalue weighted by Gasteiger charge is 2.34. The summed E-state index contributed by atoms with van der Waals surface area (Å²) >= 11 is 0. The third-order valence-corrected chi connectivity index (χ3v) is 4.67. The van der Waals surface area contributed by atoms with E-state index in [1.807, 2.05) is 11.8 Å². The molecule has 0 aromatic rings. The van der Waals surface area contributed by atoms with Crippen LogP contribution in [-0.2, 0) is 9.53 Å². The number of ether oxygens (including phenoxy) is 1. The number of nitrogens with two attached hydrogens (primary N) is 1. The molecule has 2 N–H and O–H groups in total.